The van der Waals surface area contributed by atoms with E-state index in [1.807, 2.05) is 6.07 Å². The maximum absolute atomic E-state index is 8.98. The molecule has 0 radical (unpaired) electrons. The van der Waals surface area contributed by atoms with Gasteiger partial charge in [0.05, 0.1) is 6.42 Å². The van der Waals surface area contributed by atoms with Crippen molar-refractivity contribution in [1.82, 2.24) is 30.5 Å². The van der Waals surface area contributed by atoms with Crippen molar-refractivity contribution in [3.05, 3.63) is 29.2 Å². The Hall–Kier alpha value is -3.02. The topological polar surface area (TPSA) is 130 Å². The standard InChI is InChI=1S/C10H7N7O2/c1-5-6(3-11)7(16-18-5)2-8-14-10(17-19-8)9-12-4-13-15-9/h4H,2H2,1H3,(H,12,13,15). The Bertz CT molecular complexity index is 734. The van der Waals surface area contributed by atoms with Gasteiger partial charge < -0.3 is 9.05 Å². The minimum absolute atomic E-state index is 0.224. The van der Waals surface area contributed by atoms with Gasteiger partial charge in [-0.05, 0) is 6.92 Å². The van der Waals surface area contributed by atoms with Crippen molar-refractivity contribution in [2.75, 3.05) is 0 Å². The molecule has 0 aromatic carbocycles. The van der Waals surface area contributed by atoms with Gasteiger partial charge in [0.25, 0.3) is 0 Å². The Morgan fingerprint density at radius 3 is 3.00 bits per heavy atom. The summed E-state index contributed by atoms with van der Waals surface area (Å²) in [7, 11) is 0. The molecule has 9 nitrogen and oxygen atoms in total. The zero-order chi connectivity index (χ0) is 13.2. The highest BCUT2D eigenvalue weighted by molar-refractivity contribution is 5.40. The van der Waals surface area contributed by atoms with E-state index in [9.17, 15) is 0 Å². The third kappa shape index (κ3) is 1.95. The second-order valence-corrected chi connectivity index (χ2v) is 3.69. The Labute approximate surface area is 106 Å². The molecule has 0 aliphatic heterocycles. The van der Waals surface area contributed by atoms with Gasteiger partial charge in [0.1, 0.15) is 23.7 Å². The Kier molecular flexibility index (Phi) is 2.53. The zero-order valence-electron chi connectivity index (χ0n) is 9.78. The first-order valence-corrected chi connectivity index (χ1v) is 5.31. The monoisotopic (exact) mass is 257 g/mol. The first kappa shape index (κ1) is 11.1. The summed E-state index contributed by atoms with van der Waals surface area (Å²) in [5.41, 5.74) is 0.854. The molecule has 0 spiro atoms. The van der Waals surface area contributed by atoms with E-state index in [0.717, 1.165) is 0 Å². The number of aromatic amines is 1. The lowest BCUT2D eigenvalue weighted by atomic mass is 10.2. The Balaban J connectivity index is 1.87. The van der Waals surface area contributed by atoms with Crippen molar-refractivity contribution in [1.29, 1.82) is 5.26 Å². The van der Waals surface area contributed by atoms with Crippen LogP contribution in [0.5, 0.6) is 0 Å². The lowest BCUT2D eigenvalue weighted by Gasteiger charge is -1.88. The molecule has 0 saturated heterocycles. The molecule has 0 aliphatic carbocycles. The summed E-state index contributed by atoms with van der Waals surface area (Å²) in [6.07, 6.45) is 1.57. The first-order chi connectivity index (χ1) is 9.28. The first-order valence-electron chi connectivity index (χ1n) is 5.31. The van der Waals surface area contributed by atoms with Crippen molar-refractivity contribution >= 4 is 0 Å². The van der Waals surface area contributed by atoms with Crippen LogP contribution in [0.25, 0.3) is 11.6 Å². The van der Waals surface area contributed by atoms with E-state index < -0.39 is 0 Å². The molecule has 94 valence electrons. The number of nitrogens with one attached hydrogen (secondary N) is 1. The number of nitriles is 1. The molecule has 1 N–H and O–H groups in total. The largest absolute Gasteiger partial charge is 0.360 e. The van der Waals surface area contributed by atoms with Crippen molar-refractivity contribution in [3.8, 4) is 17.7 Å². The van der Waals surface area contributed by atoms with Crippen LogP contribution >= 0.6 is 0 Å². The van der Waals surface area contributed by atoms with Crippen molar-refractivity contribution < 1.29 is 9.05 Å². The predicted molar refractivity (Wildman–Crippen MR) is 58.4 cm³/mol. The lowest BCUT2D eigenvalue weighted by molar-refractivity contribution is 0.371. The molecule has 0 fully saturated rings. The maximum Gasteiger partial charge on any atom is 0.239 e. The summed E-state index contributed by atoms with van der Waals surface area (Å²) in [6, 6.07) is 2.02. The molecular formula is C10H7N7O2. The highest BCUT2D eigenvalue weighted by atomic mass is 16.5. The average Bonchev–Trinajstić information content (AvgIpc) is 3.11. The van der Waals surface area contributed by atoms with Crippen LogP contribution in [0.1, 0.15) is 22.9 Å². The quantitative estimate of drug-likeness (QED) is 0.722. The van der Waals surface area contributed by atoms with Gasteiger partial charge in [0.2, 0.25) is 11.7 Å². The Morgan fingerprint density at radius 2 is 2.26 bits per heavy atom. The van der Waals surface area contributed by atoms with Gasteiger partial charge in [-0.3, -0.25) is 5.10 Å². The van der Waals surface area contributed by atoms with E-state index in [1.165, 1.54) is 6.33 Å². The van der Waals surface area contributed by atoms with Crippen LogP contribution in [-0.2, 0) is 6.42 Å². The van der Waals surface area contributed by atoms with Gasteiger partial charge in [0.15, 0.2) is 11.6 Å². The molecular weight excluding hydrogens is 250 g/mol. The molecule has 0 bridgehead atoms. The molecule has 0 saturated carbocycles. The molecule has 3 heterocycles. The summed E-state index contributed by atoms with van der Waals surface area (Å²) < 4.78 is 10.0. The van der Waals surface area contributed by atoms with E-state index in [2.05, 4.69) is 30.5 Å². The molecule has 3 aromatic rings. The van der Waals surface area contributed by atoms with Crippen LogP contribution in [0.3, 0.4) is 0 Å². The number of rotatable bonds is 3. The summed E-state index contributed by atoms with van der Waals surface area (Å²) >= 11 is 0. The number of hydrogen-bond acceptors (Lipinski definition) is 8. The molecule has 0 atom stereocenters. The second kappa shape index (κ2) is 4.34. The molecule has 0 unspecified atom stereocenters. The number of nitrogens with zero attached hydrogens (tertiary/aromatic N) is 6. The second-order valence-electron chi connectivity index (χ2n) is 3.69. The lowest BCUT2D eigenvalue weighted by Crippen LogP contribution is -1.92. The van der Waals surface area contributed by atoms with Gasteiger partial charge in [-0.25, -0.2) is 4.98 Å². The van der Waals surface area contributed by atoms with Crippen molar-refractivity contribution in [2.24, 2.45) is 0 Å². The van der Waals surface area contributed by atoms with Crippen LogP contribution in [0.4, 0.5) is 0 Å². The van der Waals surface area contributed by atoms with E-state index >= 15 is 0 Å². The normalized spacial score (nSPS) is 10.5. The van der Waals surface area contributed by atoms with E-state index in [4.69, 9.17) is 14.3 Å². The number of aryl methyl sites for hydroxylation is 1. The minimum Gasteiger partial charge on any atom is -0.360 e. The van der Waals surface area contributed by atoms with E-state index in [-0.39, 0.29) is 6.42 Å². The van der Waals surface area contributed by atoms with Gasteiger partial charge in [-0.15, -0.1) is 0 Å². The average molecular weight is 257 g/mol. The third-order valence-corrected chi connectivity index (χ3v) is 2.46. The van der Waals surface area contributed by atoms with E-state index in [0.29, 0.717) is 34.6 Å². The summed E-state index contributed by atoms with van der Waals surface area (Å²) in [6.45, 7) is 1.67. The molecule has 0 aliphatic rings. The number of H-pyrrole nitrogens is 1. The van der Waals surface area contributed by atoms with E-state index in [1.54, 1.807) is 6.92 Å². The predicted octanol–water partition coefficient (Wildman–Crippen LogP) is 0.614. The third-order valence-electron chi connectivity index (χ3n) is 2.46. The van der Waals surface area contributed by atoms with Crippen LogP contribution in [0, 0.1) is 18.3 Å². The SMILES string of the molecule is Cc1onc(Cc2nc(-c3ncn[nH]3)no2)c1C#N. The highest BCUT2D eigenvalue weighted by Crippen LogP contribution is 2.16. The number of aromatic nitrogens is 6. The minimum atomic E-state index is 0.224. The van der Waals surface area contributed by atoms with Gasteiger partial charge in [-0.2, -0.15) is 15.3 Å². The van der Waals surface area contributed by atoms with Crippen molar-refractivity contribution in [2.45, 2.75) is 13.3 Å². The van der Waals surface area contributed by atoms with Crippen LogP contribution < -0.4 is 0 Å². The molecule has 19 heavy (non-hydrogen) atoms. The Morgan fingerprint density at radius 1 is 1.37 bits per heavy atom. The van der Waals surface area contributed by atoms with Crippen LogP contribution in [-0.4, -0.2) is 30.5 Å². The maximum atomic E-state index is 8.98. The van der Waals surface area contributed by atoms with Crippen LogP contribution in [0.15, 0.2) is 15.4 Å². The molecule has 3 rings (SSSR count). The van der Waals surface area contributed by atoms with Gasteiger partial charge >= 0.3 is 0 Å². The zero-order valence-corrected chi connectivity index (χ0v) is 9.78. The number of hydrogen-bond donors (Lipinski definition) is 1. The van der Waals surface area contributed by atoms with Crippen molar-refractivity contribution in [3.63, 3.8) is 0 Å². The fraction of sp³-hybridized carbons (Fsp3) is 0.200. The molecule has 9 heteroatoms. The summed E-state index contributed by atoms with van der Waals surface area (Å²) in [5.74, 6) is 1.49. The smallest absolute Gasteiger partial charge is 0.239 e. The van der Waals surface area contributed by atoms with Gasteiger partial charge in [-0.1, -0.05) is 10.3 Å². The summed E-state index contributed by atoms with van der Waals surface area (Å²) in [4.78, 5) is 8.04. The highest BCUT2D eigenvalue weighted by Gasteiger charge is 2.17. The fourth-order valence-electron chi connectivity index (χ4n) is 1.56. The molecule has 0 amide bonds. The van der Waals surface area contributed by atoms with Gasteiger partial charge in [0, 0.05) is 0 Å². The fourth-order valence-corrected chi connectivity index (χ4v) is 1.56. The van der Waals surface area contributed by atoms with Crippen LogP contribution in [0.2, 0.25) is 0 Å². The summed E-state index contributed by atoms with van der Waals surface area (Å²) in [5, 5.41) is 22.8. The molecule has 3 aromatic heterocycles.